The van der Waals surface area contributed by atoms with E-state index in [1.165, 1.54) is 11.8 Å². The van der Waals surface area contributed by atoms with Crippen molar-refractivity contribution in [1.29, 1.82) is 0 Å². The molecule has 1 atom stereocenters. The van der Waals surface area contributed by atoms with Crippen LogP contribution in [-0.2, 0) is 9.53 Å². The number of carbonyl (C=O) groups excluding carboxylic acids is 1. The van der Waals surface area contributed by atoms with E-state index in [2.05, 4.69) is 10.2 Å². The molecule has 1 fully saturated rings. The second-order valence-corrected chi connectivity index (χ2v) is 7.75. The molecule has 144 valence electrons. The molecule has 0 saturated carbocycles. The van der Waals surface area contributed by atoms with Crippen LogP contribution in [-0.4, -0.2) is 39.2 Å². The molecule has 0 unspecified atom stereocenters. The molecule has 3 aromatic rings. The van der Waals surface area contributed by atoms with Gasteiger partial charge in [0.1, 0.15) is 11.0 Å². The van der Waals surface area contributed by atoms with Gasteiger partial charge in [-0.2, -0.15) is 0 Å². The number of halogens is 1. The molecule has 8 heteroatoms. The van der Waals surface area contributed by atoms with Crippen molar-refractivity contribution in [2.75, 3.05) is 13.2 Å². The second-order valence-electron chi connectivity index (χ2n) is 6.14. The lowest BCUT2D eigenvalue weighted by Gasteiger charge is -2.12. The number of thioether (sulfide) groups is 1. The number of carbonyl (C=O) groups is 1. The second kappa shape index (κ2) is 8.24. The Hall–Kier alpha value is -2.51. The summed E-state index contributed by atoms with van der Waals surface area (Å²) in [5.74, 6) is 1.23. The van der Waals surface area contributed by atoms with Crippen LogP contribution >= 0.6 is 23.4 Å². The number of rotatable bonds is 6. The van der Waals surface area contributed by atoms with Crippen LogP contribution in [0.5, 0.6) is 5.75 Å². The average Bonchev–Trinajstić information content (AvgIpc) is 3.30. The first-order valence-corrected chi connectivity index (χ1v) is 10.2. The summed E-state index contributed by atoms with van der Waals surface area (Å²) in [5.41, 5.74) is 1.71. The van der Waals surface area contributed by atoms with Crippen LogP contribution in [0.25, 0.3) is 17.1 Å². The molecule has 0 amide bonds. The van der Waals surface area contributed by atoms with Crippen LogP contribution in [0.15, 0.2) is 53.7 Å². The molecule has 0 radical (unpaired) electrons. The Morgan fingerprint density at radius 3 is 2.75 bits per heavy atom. The first kappa shape index (κ1) is 18.8. The van der Waals surface area contributed by atoms with Crippen LogP contribution in [0.3, 0.4) is 0 Å². The van der Waals surface area contributed by atoms with Gasteiger partial charge < -0.3 is 9.47 Å². The summed E-state index contributed by atoms with van der Waals surface area (Å²) in [5, 5.41) is 9.69. The first-order chi connectivity index (χ1) is 13.7. The third-order valence-corrected chi connectivity index (χ3v) is 5.68. The summed E-state index contributed by atoms with van der Waals surface area (Å²) in [4.78, 5) is 11.9. The summed E-state index contributed by atoms with van der Waals surface area (Å²) in [6, 6.07) is 15.1. The van der Waals surface area contributed by atoms with Gasteiger partial charge in [0.25, 0.3) is 0 Å². The van der Waals surface area contributed by atoms with Crippen molar-refractivity contribution in [3.63, 3.8) is 0 Å². The van der Waals surface area contributed by atoms with E-state index < -0.39 is 0 Å². The minimum Gasteiger partial charge on any atom is -0.494 e. The van der Waals surface area contributed by atoms with E-state index in [4.69, 9.17) is 21.1 Å². The molecule has 0 aliphatic carbocycles. The van der Waals surface area contributed by atoms with E-state index in [0.29, 0.717) is 35.6 Å². The maximum absolute atomic E-state index is 11.9. The molecule has 1 saturated heterocycles. The Bertz CT molecular complexity index is 991. The summed E-state index contributed by atoms with van der Waals surface area (Å²) in [6.45, 7) is 2.99. The third-order valence-electron chi connectivity index (χ3n) is 4.26. The lowest BCUT2D eigenvalue weighted by molar-refractivity contribution is -0.137. The monoisotopic (exact) mass is 415 g/mol. The molecule has 0 bridgehead atoms. The van der Waals surface area contributed by atoms with Gasteiger partial charge in [0, 0.05) is 22.7 Å². The van der Waals surface area contributed by atoms with Crippen LogP contribution < -0.4 is 4.74 Å². The molecular formula is C20H18ClN3O3S. The first-order valence-electron chi connectivity index (χ1n) is 8.93. The summed E-state index contributed by atoms with van der Waals surface area (Å²) < 4.78 is 12.5. The Labute approximate surface area is 171 Å². The topological polar surface area (TPSA) is 66.2 Å². The van der Waals surface area contributed by atoms with Crippen molar-refractivity contribution in [1.82, 2.24) is 14.8 Å². The van der Waals surface area contributed by atoms with Gasteiger partial charge in [0.2, 0.25) is 0 Å². The number of cyclic esters (lactones) is 1. The lowest BCUT2D eigenvalue weighted by atomic mass is 10.2. The zero-order valence-electron chi connectivity index (χ0n) is 15.2. The average molecular weight is 416 g/mol. The minimum absolute atomic E-state index is 0.212. The van der Waals surface area contributed by atoms with E-state index in [9.17, 15) is 4.79 Å². The maximum atomic E-state index is 11.9. The van der Waals surface area contributed by atoms with Crippen molar-refractivity contribution < 1.29 is 14.3 Å². The van der Waals surface area contributed by atoms with Crippen molar-refractivity contribution >= 4 is 29.3 Å². The molecular weight excluding hydrogens is 398 g/mol. The SMILES string of the molecule is CCOc1ccc(-n2c(S[C@@H]3CCOC3=O)nnc2-c2cccc(Cl)c2)cc1. The van der Waals surface area contributed by atoms with Crippen molar-refractivity contribution in [2.24, 2.45) is 0 Å². The Balaban J connectivity index is 1.77. The molecule has 0 N–H and O–H groups in total. The van der Waals surface area contributed by atoms with Crippen LogP contribution in [0.4, 0.5) is 0 Å². The molecule has 2 heterocycles. The number of hydrogen-bond donors (Lipinski definition) is 0. The molecule has 6 nitrogen and oxygen atoms in total. The number of ether oxygens (including phenoxy) is 2. The lowest BCUT2D eigenvalue weighted by Crippen LogP contribution is -2.11. The fourth-order valence-corrected chi connectivity index (χ4v) is 4.17. The van der Waals surface area contributed by atoms with E-state index in [1.807, 2.05) is 60.0 Å². The summed E-state index contributed by atoms with van der Waals surface area (Å²) in [6.07, 6.45) is 0.659. The van der Waals surface area contributed by atoms with Crippen molar-refractivity contribution in [3.05, 3.63) is 53.6 Å². The van der Waals surface area contributed by atoms with Crippen molar-refractivity contribution in [3.8, 4) is 22.8 Å². The summed E-state index contributed by atoms with van der Waals surface area (Å²) in [7, 11) is 0. The quantitative estimate of drug-likeness (QED) is 0.556. The number of nitrogens with zero attached hydrogens (tertiary/aromatic N) is 3. The highest BCUT2D eigenvalue weighted by atomic mass is 35.5. The van der Waals surface area contributed by atoms with Crippen LogP contribution in [0.1, 0.15) is 13.3 Å². The highest BCUT2D eigenvalue weighted by Crippen LogP contribution is 2.34. The van der Waals surface area contributed by atoms with Crippen LogP contribution in [0, 0.1) is 0 Å². The molecule has 4 rings (SSSR count). The zero-order valence-corrected chi connectivity index (χ0v) is 16.7. The molecule has 1 aliphatic rings. The third kappa shape index (κ3) is 3.86. The van der Waals surface area contributed by atoms with Crippen LogP contribution in [0.2, 0.25) is 5.02 Å². The Morgan fingerprint density at radius 1 is 1.25 bits per heavy atom. The fourth-order valence-electron chi connectivity index (χ4n) is 2.96. The van der Waals surface area contributed by atoms with E-state index >= 15 is 0 Å². The summed E-state index contributed by atoms with van der Waals surface area (Å²) >= 11 is 7.54. The van der Waals surface area contributed by atoms with Gasteiger partial charge >= 0.3 is 5.97 Å². The predicted octanol–water partition coefficient (Wildman–Crippen LogP) is 4.39. The molecule has 1 aliphatic heterocycles. The number of esters is 1. The van der Waals surface area contributed by atoms with Gasteiger partial charge in [-0.05, 0) is 43.3 Å². The number of hydrogen-bond acceptors (Lipinski definition) is 6. The van der Waals surface area contributed by atoms with Gasteiger partial charge in [0.05, 0.1) is 13.2 Å². The largest absolute Gasteiger partial charge is 0.494 e. The highest BCUT2D eigenvalue weighted by Gasteiger charge is 2.30. The Morgan fingerprint density at radius 2 is 2.07 bits per heavy atom. The van der Waals surface area contributed by atoms with Gasteiger partial charge in [-0.25, -0.2) is 0 Å². The highest BCUT2D eigenvalue weighted by molar-refractivity contribution is 8.00. The molecule has 0 spiro atoms. The van der Waals surface area contributed by atoms with E-state index in [-0.39, 0.29) is 11.2 Å². The molecule has 28 heavy (non-hydrogen) atoms. The fraction of sp³-hybridized carbons (Fsp3) is 0.250. The van der Waals surface area contributed by atoms with Gasteiger partial charge in [-0.3, -0.25) is 9.36 Å². The number of aromatic nitrogens is 3. The minimum atomic E-state index is -0.280. The predicted molar refractivity (Wildman–Crippen MR) is 108 cm³/mol. The normalized spacial score (nSPS) is 16.2. The molecule has 1 aromatic heterocycles. The standard InChI is InChI=1S/C20H18ClN3O3S/c1-2-26-16-8-6-15(7-9-16)24-18(13-4-3-5-14(21)12-13)22-23-20(24)28-17-10-11-27-19(17)25/h3-9,12,17H,2,10-11H2,1H3/t17-/m1/s1. The van der Waals surface area contributed by atoms with Gasteiger partial charge in [0.15, 0.2) is 11.0 Å². The Kier molecular flexibility index (Phi) is 5.54. The smallest absolute Gasteiger partial charge is 0.319 e. The zero-order chi connectivity index (χ0) is 19.5. The van der Waals surface area contributed by atoms with E-state index in [0.717, 1.165) is 17.0 Å². The van der Waals surface area contributed by atoms with Crippen molar-refractivity contribution in [2.45, 2.75) is 23.8 Å². The number of benzene rings is 2. The van der Waals surface area contributed by atoms with Gasteiger partial charge in [-0.15, -0.1) is 10.2 Å². The van der Waals surface area contributed by atoms with E-state index in [1.54, 1.807) is 0 Å². The maximum Gasteiger partial charge on any atom is 0.319 e. The molecule has 2 aromatic carbocycles. The van der Waals surface area contributed by atoms with Gasteiger partial charge in [-0.1, -0.05) is 35.5 Å².